The van der Waals surface area contributed by atoms with E-state index >= 15 is 0 Å². The maximum Gasteiger partial charge on any atom is 0.228 e. The van der Waals surface area contributed by atoms with Gasteiger partial charge in [0.15, 0.2) is 0 Å². The predicted molar refractivity (Wildman–Crippen MR) is 73.4 cm³/mol. The molecule has 1 fully saturated rings. The van der Waals surface area contributed by atoms with Crippen molar-refractivity contribution in [2.75, 3.05) is 38.7 Å². The fraction of sp³-hybridized carbons (Fsp3) is 0.500. The molecule has 2 rings (SSSR count). The van der Waals surface area contributed by atoms with E-state index in [-0.39, 0.29) is 11.8 Å². The summed E-state index contributed by atoms with van der Waals surface area (Å²) in [7, 11) is 1.57. The monoisotopic (exact) mass is 282 g/mol. The molecule has 1 unspecified atom stereocenters. The largest absolute Gasteiger partial charge is 0.489 e. The zero-order valence-corrected chi connectivity index (χ0v) is 11.4. The van der Waals surface area contributed by atoms with Gasteiger partial charge in [-0.25, -0.2) is 4.39 Å². The Morgan fingerprint density at radius 1 is 1.50 bits per heavy atom. The molecule has 1 aliphatic rings. The molecular weight excluding hydrogens is 263 g/mol. The highest BCUT2D eigenvalue weighted by atomic mass is 19.1. The lowest BCUT2D eigenvalue weighted by Gasteiger charge is -2.14. The smallest absolute Gasteiger partial charge is 0.228 e. The average molecular weight is 282 g/mol. The van der Waals surface area contributed by atoms with Crippen LogP contribution in [0.5, 0.6) is 5.75 Å². The summed E-state index contributed by atoms with van der Waals surface area (Å²) in [6, 6.07) is 4.07. The zero-order valence-electron chi connectivity index (χ0n) is 11.4. The lowest BCUT2D eigenvalue weighted by Crippen LogP contribution is -2.25. The molecule has 1 atom stereocenters. The summed E-state index contributed by atoms with van der Waals surface area (Å²) in [5, 5.41) is 5.86. The standard InChI is InChI=1S/C14H19FN2O3/c1-19-6-7-20-13-3-2-11(15)8-12(13)17-14(18)10-4-5-16-9-10/h2-3,8,10,16H,4-7,9H2,1H3,(H,17,18). The summed E-state index contributed by atoms with van der Waals surface area (Å²) in [5.74, 6) is -0.158. The quantitative estimate of drug-likeness (QED) is 0.774. The van der Waals surface area contributed by atoms with Gasteiger partial charge in [0.05, 0.1) is 18.2 Å². The fourth-order valence-corrected chi connectivity index (χ4v) is 2.07. The summed E-state index contributed by atoms with van der Waals surface area (Å²) >= 11 is 0. The van der Waals surface area contributed by atoms with Crippen molar-refractivity contribution in [3.63, 3.8) is 0 Å². The van der Waals surface area contributed by atoms with Crippen LogP contribution in [-0.4, -0.2) is 39.3 Å². The van der Waals surface area contributed by atoms with Crippen LogP contribution in [0.2, 0.25) is 0 Å². The molecule has 1 amide bonds. The van der Waals surface area contributed by atoms with Crippen molar-refractivity contribution >= 4 is 11.6 Å². The van der Waals surface area contributed by atoms with Crippen molar-refractivity contribution in [1.82, 2.24) is 5.32 Å². The van der Waals surface area contributed by atoms with E-state index in [0.29, 0.717) is 31.2 Å². The Balaban J connectivity index is 2.03. The lowest BCUT2D eigenvalue weighted by molar-refractivity contribution is -0.119. The number of methoxy groups -OCH3 is 1. The Morgan fingerprint density at radius 2 is 2.35 bits per heavy atom. The zero-order chi connectivity index (χ0) is 14.4. The number of ether oxygens (including phenoxy) is 2. The molecule has 1 saturated heterocycles. The number of benzene rings is 1. The van der Waals surface area contributed by atoms with Gasteiger partial charge >= 0.3 is 0 Å². The van der Waals surface area contributed by atoms with E-state index in [1.807, 2.05) is 0 Å². The Labute approximate surface area is 117 Å². The van der Waals surface area contributed by atoms with Gasteiger partial charge in [-0.05, 0) is 25.1 Å². The van der Waals surface area contributed by atoms with Gasteiger partial charge in [0, 0.05) is 19.7 Å². The van der Waals surface area contributed by atoms with Gasteiger partial charge in [0.1, 0.15) is 18.2 Å². The average Bonchev–Trinajstić information content (AvgIpc) is 2.95. The molecule has 0 radical (unpaired) electrons. The van der Waals surface area contributed by atoms with Gasteiger partial charge < -0.3 is 20.1 Å². The number of hydrogen-bond acceptors (Lipinski definition) is 4. The molecule has 0 aromatic heterocycles. The number of hydrogen-bond donors (Lipinski definition) is 2. The summed E-state index contributed by atoms with van der Waals surface area (Å²) in [4.78, 5) is 12.1. The Kier molecular flexibility index (Phi) is 5.31. The third kappa shape index (κ3) is 3.91. The van der Waals surface area contributed by atoms with Crippen molar-refractivity contribution in [3.05, 3.63) is 24.0 Å². The topological polar surface area (TPSA) is 59.6 Å². The maximum absolute atomic E-state index is 13.3. The predicted octanol–water partition coefficient (Wildman–Crippen LogP) is 1.40. The van der Waals surface area contributed by atoms with Gasteiger partial charge in [0.25, 0.3) is 0 Å². The molecule has 0 aliphatic carbocycles. The van der Waals surface area contributed by atoms with E-state index in [9.17, 15) is 9.18 Å². The van der Waals surface area contributed by atoms with Crippen LogP contribution >= 0.6 is 0 Å². The first-order valence-electron chi connectivity index (χ1n) is 6.63. The summed E-state index contributed by atoms with van der Waals surface area (Å²) in [6.07, 6.45) is 0.793. The molecular formula is C14H19FN2O3. The number of nitrogens with one attached hydrogen (secondary N) is 2. The van der Waals surface area contributed by atoms with Crippen LogP contribution in [0, 0.1) is 11.7 Å². The SMILES string of the molecule is COCCOc1ccc(F)cc1NC(=O)C1CCNC1. The first-order chi connectivity index (χ1) is 9.70. The van der Waals surface area contributed by atoms with Crippen molar-refractivity contribution in [1.29, 1.82) is 0 Å². The lowest BCUT2D eigenvalue weighted by atomic mass is 10.1. The minimum Gasteiger partial charge on any atom is -0.489 e. The summed E-state index contributed by atoms with van der Waals surface area (Å²) in [6.45, 7) is 2.26. The minimum atomic E-state index is -0.413. The molecule has 5 nitrogen and oxygen atoms in total. The van der Waals surface area contributed by atoms with Crippen LogP contribution in [0.3, 0.4) is 0 Å². The van der Waals surface area contributed by atoms with Crippen molar-refractivity contribution in [2.24, 2.45) is 5.92 Å². The van der Waals surface area contributed by atoms with E-state index < -0.39 is 5.82 Å². The Bertz CT molecular complexity index is 462. The molecule has 20 heavy (non-hydrogen) atoms. The van der Waals surface area contributed by atoms with Crippen molar-refractivity contribution in [2.45, 2.75) is 6.42 Å². The minimum absolute atomic E-state index is 0.0786. The van der Waals surface area contributed by atoms with E-state index in [4.69, 9.17) is 9.47 Å². The molecule has 1 heterocycles. The Hall–Kier alpha value is -1.66. The van der Waals surface area contributed by atoms with Crippen LogP contribution in [-0.2, 0) is 9.53 Å². The number of anilines is 1. The number of rotatable bonds is 6. The molecule has 0 spiro atoms. The highest BCUT2D eigenvalue weighted by molar-refractivity contribution is 5.94. The number of amides is 1. The first kappa shape index (κ1) is 14.7. The van der Waals surface area contributed by atoms with E-state index in [1.165, 1.54) is 18.2 Å². The van der Waals surface area contributed by atoms with Gasteiger partial charge in [0.2, 0.25) is 5.91 Å². The second-order valence-corrected chi connectivity index (χ2v) is 4.66. The van der Waals surface area contributed by atoms with Gasteiger partial charge in [-0.3, -0.25) is 4.79 Å². The molecule has 0 saturated carbocycles. The van der Waals surface area contributed by atoms with Gasteiger partial charge in [-0.15, -0.1) is 0 Å². The number of carbonyl (C=O) groups excluding carboxylic acids is 1. The second-order valence-electron chi connectivity index (χ2n) is 4.66. The number of carbonyl (C=O) groups is 1. The van der Waals surface area contributed by atoms with Crippen LogP contribution in [0.4, 0.5) is 10.1 Å². The summed E-state index contributed by atoms with van der Waals surface area (Å²) < 4.78 is 23.7. The molecule has 6 heteroatoms. The van der Waals surface area contributed by atoms with Crippen molar-refractivity contribution in [3.8, 4) is 5.75 Å². The van der Waals surface area contributed by atoms with Crippen LogP contribution in [0.15, 0.2) is 18.2 Å². The third-order valence-electron chi connectivity index (χ3n) is 3.18. The van der Waals surface area contributed by atoms with Crippen LogP contribution in [0.25, 0.3) is 0 Å². The Morgan fingerprint density at radius 3 is 3.05 bits per heavy atom. The van der Waals surface area contributed by atoms with E-state index in [2.05, 4.69) is 10.6 Å². The van der Waals surface area contributed by atoms with Crippen LogP contribution < -0.4 is 15.4 Å². The first-order valence-corrected chi connectivity index (χ1v) is 6.63. The fourth-order valence-electron chi connectivity index (χ4n) is 2.07. The summed E-state index contributed by atoms with van der Waals surface area (Å²) in [5.41, 5.74) is 0.359. The van der Waals surface area contributed by atoms with Gasteiger partial charge in [-0.2, -0.15) is 0 Å². The van der Waals surface area contributed by atoms with E-state index in [1.54, 1.807) is 7.11 Å². The van der Waals surface area contributed by atoms with Gasteiger partial charge in [-0.1, -0.05) is 0 Å². The highest BCUT2D eigenvalue weighted by Crippen LogP contribution is 2.26. The highest BCUT2D eigenvalue weighted by Gasteiger charge is 2.23. The molecule has 2 N–H and O–H groups in total. The molecule has 1 aromatic rings. The number of halogens is 1. The van der Waals surface area contributed by atoms with Crippen LogP contribution in [0.1, 0.15) is 6.42 Å². The molecule has 1 aromatic carbocycles. The van der Waals surface area contributed by atoms with E-state index in [0.717, 1.165) is 13.0 Å². The normalized spacial score (nSPS) is 18.0. The molecule has 1 aliphatic heterocycles. The second kappa shape index (κ2) is 7.21. The maximum atomic E-state index is 13.3. The molecule has 110 valence electrons. The van der Waals surface area contributed by atoms with Crippen molar-refractivity contribution < 1.29 is 18.7 Å². The molecule has 0 bridgehead atoms. The third-order valence-corrected chi connectivity index (χ3v) is 3.18.